The van der Waals surface area contributed by atoms with E-state index in [1.807, 2.05) is 24.3 Å². The van der Waals surface area contributed by atoms with Gasteiger partial charge in [-0.15, -0.1) is 0 Å². The second kappa shape index (κ2) is 18.7. The molecular weight excluding hydrogens is 514 g/mol. The highest BCUT2D eigenvalue weighted by molar-refractivity contribution is 6.99. The predicted molar refractivity (Wildman–Crippen MR) is 172 cm³/mol. The molecule has 4 heteroatoms. The number of allylic oxidation sites excluding steroid dienone is 8. The Kier molecular flexibility index (Phi) is 15.7. The van der Waals surface area contributed by atoms with E-state index in [1.165, 1.54) is 41.8 Å². The van der Waals surface area contributed by atoms with Crippen LogP contribution in [0.3, 0.4) is 0 Å². The summed E-state index contributed by atoms with van der Waals surface area (Å²) in [6, 6.07) is 21.1. The van der Waals surface area contributed by atoms with Crippen molar-refractivity contribution < 1.29 is 13.2 Å². The minimum absolute atomic E-state index is 0.0720. The maximum absolute atomic E-state index is 14.4. The van der Waals surface area contributed by atoms with E-state index < -0.39 is 8.32 Å². The Morgan fingerprint density at radius 2 is 1.32 bits per heavy atom. The van der Waals surface area contributed by atoms with Crippen molar-refractivity contribution in [2.75, 3.05) is 6.61 Å². The van der Waals surface area contributed by atoms with Gasteiger partial charge in [-0.3, -0.25) is 0 Å². The average molecular weight is 565 g/mol. The molecule has 0 bridgehead atoms. The average Bonchev–Trinajstić information content (AvgIpc) is 2.94. The maximum Gasteiger partial charge on any atom is 0.261 e. The third-order valence-corrected chi connectivity index (χ3v) is 12.2. The first-order chi connectivity index (χ1) is 19.3. The van der Waals surface area contributed by atoms with Crippen LogP contribution < -0.4 is 10.4 Å². The normalized spacial score (nSPS) is 13.6. The first-order valence-corrected chi connectivity index (χ1v) is 17.0. The van der Waals surface area contributed by atoms with Crippen molar-refractivity contribution >= 4 is 18.7 Å². The van der Waals surface area contributed by atoms with Crippen molar-refractivity contribution in [2.45, 2.75) is 96.9 Å². The summed E-state index contributed by atoms with van der Waals surface area (Å²) in [5.74, 6) is -0.399. The van der Waals surface area contributed by atoms with Crippen molar-refractivity contribution in [3.05, 3.63) is 109 Å². The van der Waals surface area contributed by atoms with Crippen LogP contribution in [0.2, 0.25) is 5.04 Å². The molecular formula is C36H50F2OSi. The van der Waals surface area contributed by atoms with E-state index >= 15 is 0 Å². The molecule has 40 heavy (non-hydrogen) atoms. The lowest BCUT2D eigenvalue weighted by Crippen LogP contribution is -2.66. The fraction of sp³-hybridized carbons (Fsp3) is 0.444. The lowest BCUT2D eigenvalue weighted by atomic mass is 10.2. The smallest absolute Gasteiger partial charge is 0.261 e. The van der Waals surface area contributed by atoms with Crippen LogP contribution in [-0.2, 0) is 4.43 Å². The highest BCUT2D eigenvalue weighted by atomic mass is 28.4. The molecule has 0 unspecified atom stereocenters. The molecule has 0 atom stereocenters. The summed E-state index contributed by atoms with van der Waals surface area (Å²) in [5, 5.41) is 2.43. The quantitative estimate of drug-likeness (QED) is 0.0994. The lowest BCUT2D eigenvalue weighted by molar-refractivity contribution is 0.287. The van der Waals surface area contributed by atoms with Crippen LogP contribution in [0.1, 0.15) is 91.9 Å². The molecule has 0 saturated heterocycles. The van der Waals surface area contributed by atoms with Gasteiger partial charge < -0.3 is 4.43 Å². The number of hydrogen-bond donors (Lipinski definition) is 0. The van der Waals surface area contributed by atoms with Crippen molar-refractivity contribution in [1.82, 2.24) is 0 Å². The van der Waals surface area contributed by atoms with Crippen LogP contribution in [0.5, 0.6) is 0 Å². The second-order valence-electron chi connectivity index (χ2n) is 11.4. The molecule has 218 valence electrons. The van der Waals surface area contributed by atoms with Crippen molar-refractivity contribution in [1.29, 1.82) is 0 Å². The number of unbranched alkanes of at least 4 members (excludes halogenated alkanes) is 4. The number of benzene rings is 2. The zero-order chi connectivity index (χ0) is 29.1. The van der Waals surface area contributed by atoms with Gasteiger partial charge in [-0.1, -0.05) is 126 Å². The highest BCUT2D eigenvalue weighted by Gasteiger charge is 2.49. The van der Waals surface area contributed by atoms with E-state index in [9.17, 15) is 8.78 Å². The Balaban J connectivity index is 1.82. The lowest BCUT2D eigenvalue weighted by Gasteiger charge is -2.43. The molecule has 0 aliphatic carbocycles. The molecule has 0 amide bonds. The molecule has 0 saturated carbocycles. The van der Waals surface area contributed by atoms with E-state index in [-0.39, 0.29) is 29.5 Å². The number of hydrogen-bond acceptors (Lipinski definition) is 1. The van der Waals surface area contributed by atoms with Crippen LogP contribution in [-0.4, -0.2) is 14.9 Å². The van der Waals surface area contributed by atoms with Gasteiger partial charge in [0.2, 0.25) is 0 Å². The van der Waals surface area contributed by atoms with Gasteiger partial charge in [0.1, 0.15) is 5.83 Å². The van der Waals surface area contributed by atoms with Gasteiger partial charge in [-0.2, -0.15) is 0 Å². The van der Waals surface area contributed by atoms with Crippen molar-refractivity contribution in [3.63, 3.8) is 0 Å². The first kappa shape index (κ1) is 33.6. The summed E-state index contributed by atoms with van der Waals surface area (Å²) in [4.78, 5) is 0. The molecule has 2 aromatic rings. The van der Waals surface area contributed by atoms with Crippen LogP contribution in [0.15, 0.2) is 109 Å². The Bertz CT molecular complexity index is 1030. The molecule has 0 aliphatic heterocycles. The summed E-state index contributed by atoms with van der Waals surface area (Å²) in [6.45, 7) is 9.56. The zero-order valence-electron chi connectivity index (χ0n) is 25.2. The number of halogens is 2. The zero-order valence-corrected chi connectivity index (χ0v) is 26.2. The summed E-state index contributed by atoms with van der Waals surface area (Å²) >= 11 is 0. The monoisotopic (exact) mass is 564 g/mol. The molecule has 0 radical (unpaired) electrons. The van der Waals surface area contributed by atoms with E-state index in [2.05, 4.69) is 88.4 Å². The molecule has 0 N–H and O–H groups in total. The molecule has 0 aliphatic rings. The standard InChI is InChI=1S/C36H50F2OSi/c1-5-6-7-8-9-10-11-12-15-23-32(37)25-22-26-33(38)24-20-21-31-39-40(36(2,3)4,34-27-16-13-17-28-34)35-29-18-14-19-30-35/h9-10,12-19,25-30H,5-8,11,20-24,31H2,1-4H3. The van der Waals surface area contributed by atoms with Gasteiger partial charge in [0.05, 0.1) is 5.83 Å². The second-order valence-corrected chi connectivity index (χ2v) is 15.7. The molecule has 0 spiro atoms. The largest absolute Gasteiger partial charge is 0.407 e. The van der Waals surface area contributed by atoms with Gasteiger partial charge in [0.15, 0.2) is 0 Å². The molecule has 1 nitrogen and oxygen atoms in total. The molecule has 0 fully saturated rings. The van der Waals surface area contributed by atoms with Crippen molar-refractivity contribution in [3.8, 4) is 0 Å². The summed E-state index contributed by atoms with van der Waals surface area (Å²) in [7, 11) is -2.55. The van der Waals surface area contributed by atoms with Crippen LogP contribution in [0, 0.1) is 0 Å². The highest BCUT2D eigenvalue weighted by Crippen LogP contribution is 2.36. The van der Waals surface area contributed by atoms with Crippen LogP contribution in [0.4, 0.5) is 8.78 Å². The van der Waals surface area contributed by atoms with Crippen LogP contribution in [0.25, 0.3) is 0 Å². The summed E-state index contributed by atoms with van der Waals surface area (Å²) in [5.41, 5.74) is 0. The summed E-state index contributed by atoms with van der Waals surface area (Å²) in [6.07, 6.45) is 19.1. The summed E-state index contributed by atoms with van der Waals surface area (Å²) < 4.78 is 35.3. The molecule has 2 rings (SSSR count). The fourth-order valence-electron chi connectivity index (χ4n) is 4.98. The van der Waals surface area contributed by atoms with E-state index in [4.69, 9.17) is 4.43 Å². The molecule has 0 aromatic heterocycles. The Morgan fingerprint density at radius 1 is 0.725 bits per heavy atom. The van der Waals surface area contributed by atoms with Crippen LogP contribution >= 0.6 is 0 Å². The Morgan fingerprint density at radius 3 is 1.93 bits per heavy atom. The third kappa shape index (κ3) is 11.5. The topological polar surface area (TPSA) is 9.23 Å². The van der Waals surface area contributed by atoms with E-state index in [1.54, 1.807) is 0 Å². The third-order valence-electron chi connectivity index (χ3n) is 7.12. The van der Waals surface area contributed by atoms with Crippen molar-refractivity contribution in [2.24, 2.45) is 0 Å². The van der Waals surface area contributed by atoms with Gasteiger partial charge in [-0.25, -0.2) is 8.78 Å². The fourth-order valence-corrected chi connectivity index (χ4v) is 9.59. The Labute approximate surface area is 243 Å². The minimum Gasteiger partial charge on any atom is -0.407 e. The van der Waals surface area contributed by atoms with Gasteiger partial charge in [0.25, 0.3) is 8.32 Å². The molecule has 2 aromatic carbocycles. The Hall–Kier alpha value is -2.56. The minimum atomic E-state index is -2.55. The van der Waals surface area contributed by atoms with E-state index in [0.717, 1.165) is 19.3 Å². The van der Waals surface area contributed by atoms with E-state index in [0.29, 0.717) is 19.4 Å². The van der Waals surface area contributed by atoms with Gasteiger partial charge in [-0.05, 0) is 72.5 Å². The van der Waals surface area contributed by atoms with Gasteiger partial charge >= 0.3 is 0 Å². The first-order valence-electron chi connectivity index (χ1n) is 15.0. The predicted octanol–water partition coefficient (Wildman–Crippen LogP) is 10.3. The molecule has 0 heterocycles. The number of rotatable bonds is 18. The maximum atomic E-state index is 14.4. The van der Waals surface area contributed by atoms with Gasteiger partial charge in [0, 0.05) is 13.0 Å². The SMILES string of the molecule is CCCCCC=CCC=CCC(F)=CCC=C(F)CCCCO[Si](c1ccccc1)(c1ccccc1)C(C)(C)C.